The van der Waals surface area contributed by atoms with E-state index in [0.717, 1.165) is 48.7 Å². The van der Waals surface area contributed by atoms with Crippen LogP contribution >= 0.6 is 0 Å². The maximum absolute atomic E-state index is 12.3. The summed E-state index contributed by atoms with van der Waals surface area (Å²) < 4.78 is 2.10. The molecule has 1 amide bonds. The number of aryl methyl sites for hydroxylation is 2. The van der Waals surface area contributed by atoms with Gasteiger partial charge in [0, 0.05) is 25.6 Å². The van der Waals surface area contributed by atoms with Crippen LogP contribution in [0.25, 0.3) is 11.0 Å². The van der Waals surface area contributed by atoms with E-state index >= 15 is 0 Å². The molecule has 0 bridgehead atoms. The number of imidazole rings is 1. The average molecular weight is 372 g/mol. The standard InChI is InChI=1S/C20H28N4O3/c1-13(20(26)27)12-22-19(25)15-4-5-17-16(11-15)23-18(24(17)2)6-3-14-7-9-21-10-8-14/h4-5,11,13-14,21H,3,6-10,12H2,1-2H3,(H,22,25)(H,26,27). The number of rotatable bonds is 7. The average Bonchev–Trinajstić information content (AvgIpc) is 3.00. The Morgan fingerprint density at radius 3 is 2.81 bits per heavy atom. The minimum atomic E-state index is -0.922. The summed E-state index contributed by atoms with van der Waals surface area (Å²) in [5.74, 6) is -0.0147. The van der Waals surface area contributed by atoms with Crippen LogP contribution in [0.3, 0.4) is 0 Å². The molecular formula is C20H28N4O3. The molecule has 0 spiro atoms. The van der Waals surface area contributed by atoms with Gasteiger partial charge in [0.1, 0.15) is 5.82 Å². The van der Waals surface area contributed by atoms with Crippen molar-refractivity contribution in [3.8, 4) is 0 Å². The number of piperidine rings is 1. The number of carbonyl (C=O) groups is 2. The minimum Gasteiger partial charge on any atom is -0.481 e. The van der Waals surface area contributed by atoms with Gasteiger partial charge in [-0.3, -0.25) is 9.59 Å². The highest BCUT2D eigenvalue weighted by Gasteiger charge is 2.17. The molecule has 1 aliphatic heterocycles. The molecule has 1 aromatic carbocycles. The second-order valence-corrected chi connectivity index (χ2v) is 7.47. The Bertz CT molecular complexity index is 824. The molecule has 2 aromatic rings. The molecule has 1 atom stereocenters. The third-order valence-electron chi connectivity index (χ3n) is 5.46. The molecule has 146 valence electrons. The molecule has 7 heteroatoms. The van der Waals surface area contributed by atoms with Crippen LogP contribution in [-0.2, 0) is 18.3 Å². The highest BCUT2D eigenvalue weighted by atomic mass is 16.4. The highest BCUT2D eigenvalue weighted by molar-refractivity contribution is 5.97. The molecule has 3 N–H and O–H groups in total. The van der Waals surface area contributed by atoms with E-state index in [9.17, 15) is 9.59 Å². The second kappa shape index (κ2) is 8.52. The van der Waals surface area contributed by atoms with Crippen LogP contribution in [0.1, 0.15) is 42.4 Å². The lowest BCUT2D eigenvalue weighted by Crippen LogP contribution is -2.31. The third kappa shape index (κ3) is 4.66. The maximum atomic E-state index is 12.3. The number of aliphatic carboxylic acids is 1. The van der Waals surface area contributed by atoms with Gasteiger partial charge >= 0.3 is 5.97 Å². The van der Waals surface area contributed by atoms with Gasteiger partial charge in [0.05, 0.1) is 17.0 Å². The number of nitrogens with one attached hydrogen (secondary N) is 2. The van der Waals surface area contributed by atoms with E-state index in [1.807, 2.05) is 13.1 Å². The largest absolute Gasteiger partial charge is 0.481 e. The normalized spacial score (nSPS) is 16.4. The molecule has 1 fully saturated rings. The number of hydrogen-bond acceptors (Lipinski definition) is 4. The van der Waals surface area contributed by atoms with Gasteiger partial charge in [0.2, 0.25) is 0 Å². The first-order valence-corrected chi connectivity index (χ1v) is 9.62. The third-order valence-corrected chi connectivity index (χ3v) is 5.46. The Morgan fingerprint density at radius 1 is 1.37 bits per heavy atom. The Labute approximate surface area is 159 Å². The summed E-state index contributed by atoms with van der Waals surface area (Å²) in [4.78, 5) is 27.9. The number of aromatic nitrogens is 2. The van der Waals surface area contributed by atoms with E-state index in [1.54, 1.807) is 19.1 Å². The van der Waals surface area contributed by atoms with Gasteiger partial charge in [-0.2, -0.15) is 0 Å². The Hall–Kier alpha value is -2.41. The number of nitrogens with zero attached hydrogens (tertiary/aromatic N) is 2. The summed E-state index contributed by atoms with van der Waals surface area (Å²) >= 11 is 0. The number of fused-ring (bicyclic) bond motifs is 1. The van der Waals surface area contributed by atoms with Crippen LogP contribution in [0.4, 0.5) is 0 Å². The highest BCUT2D eigenvalue weighted by Crippen LogP contribution is 2.22. The zero-order valence-corrected chi connectivity index (χ0v) is 16.0. The fourth-order valence-corrected chi connectivity index (χ4v) is 3.55. The lowest BCUT2D eigenvalue weighted by molar-refractivity contribution is -0.140. The zero-order valence-electron chi connectivity index (χ0n) is 16.0. The van der Waals surface area contributed by atoms with Crippen LogP contribution in [0, 0.1) is 11.8 Å². The van der Waals surface area contributed by atoms with Crippen LogP contribution in [-0.4, -0.2) is 46.2 Å². The molecule has 1 aliphatic rings. The zero-order chi connectivity index (χ0) is 19.4. The van der Waals surface area contributed by atoms with Crippen LogP contribution in [0.5, 0.6) is 0 Å². The smallest absolute Gasteiger partial charge is 0.308 e. The predicted molar refractivity (Wildman–Crippen MR) is 104 cm³/mol. The summed E-state index contributed by atoms with van der Waals surface area (Å²) in [6, 6.07) is 5.46. The number of carbonyl (C=O) groups excluding carboxylic acids is 1. The molecule has 0 saturated carbocycles. The number of carboxylic acid groups (broad SMARTS) is 1. The van der Waals surface area contributed by atoms with Crippen LogP contribution < -0.4 is 10.6 Å². The number of hydrogen-bond donors (Lipinski definition) is 3. The van der Waals surface area contributed by atoms with Gasteiger partial charge in [-0.1, -0.05) is 6.92 Å². The molecule has 1 aromatic heterocycles. The van der Waals surface area contributed by atoms with Gasteiger partial charge in [-0.05, 0) is 56.5 Å². The fourth-order valence-electron chi connectivity index (χ4n) is 3.55. The van der Waals surface area contributed by atoms with Crippen molar-refractivity contribution >= 4 is 22.9 Å². The lowest BCUT2D eigenvalue weighted by atomic mass is 9.93. The Balaban J connectivity index is 1.67. The fraction of sp³-hybridized carbons (Fsp3) is 0.550. The van der Waals surface area contributed by atoms with Crippen LogP contribution in [0.2, 0.25) is 0 Å². The molecule has 1 saturated heterocycles. The molecule has 7 nitrogen and oxygen atoms in total. The minimum absolute atomic E-state index is 0.107. The summed E-state index contributed by atoms with van der Waals surface area (Å²) in [5.41, 5.74) is 2.31. The van der Waals surface area contributed by atoms with E-state index < -0.39 is 11.9 Å². The Kier molecular flexibility index (Phi) is 6.11. The maximum Gasteiger partial charge on any atom is 0.308 e. The van der Waals surface area contributed by atoms with E-state index in [2.05, 4.69) is 15.2 Å². The van der Waals surface area contributed by atoms with E-state index in [0.29, 0.717) is 5.56 Å². The van der Waals surface area contributed by atoms with Crippen LogP contribution in [0.15, 0.2) is 18.2 Å². The van der Waals surface area contributed by atoms with Gasteiger partial charge in [-0.25, -0.2) is 4.98 Å². The van der Waals surface area contributed by atoms with Gasteiger partial charge in [0.15, 0.2) is 0 Å². The van der Waals surface area contributed by atoms with E-state index in [-0.39, 0.29) is 12.5 Å². The van der Waals surface area contributed by atoms with Crippen molar-refractivity contribution in [2.24, 2.45) is 18.9 Å². The van der Waals surface area contributed by atoms with Gasteiger partial charge < -0.3 is 20.3 Å². The van der Waals surface area contributed by atoms with Gasteiger partial charge in [-0.15, -0.1) is 0 Å². The molecule has 2 heterocycles. The van der Waals surface area contributed by atoms with Crippen molar-refractivity contribution in [3.05, 3.63) is 29.6 Å². The van der Waals surface area contributed by atoms with Crippen molar-refractivity contribution in [1.82, 2.24) is 20.2 Å². The quantitative estimate of drug-likeness (QED) is 0.690. The first-order valence-electron chi connectivity index (χ1n) is 9.62. The topological polar surface area (TPSA) is 96.3 Å². The summed E-state index contributed by atoms with van der Waals surface area (Å²) in [7, 11) is 2.02. The second-order valence-electron chi connectivity index (χ2n) is 7.47. The predicted octanol–water partition coefficient (Wildman–Crippen LogP) is 1.96. The monoisotopic (exact) mass is 372 g/mol. The molecular weight excluding hydrogens is 344 g/mol. The molecule has 3 rings (SSSR count). The molecule has 1 unspecified atom stereocenters. The summed E-state index contributed by atoms with van der Waals surface area (Å²) in [6.07, 6.45) is 4.53. The lowest BCUT2D eigenvalue weighted by Gasteiger charge is -2.22. The van der Waals surface area contributed by atoms with Crippen molar-refractivity contribution < 1.29 is 14.7 Å². The number of amides is 1. The first-order chi connectivity index (χ1) is 13.0. The summed E-state index contributed by atoms with van der Waals surface area (Å²) in [5, 5.41) is 15.0. The van der Waals surface area contributed by atoms with Gasteiger partial charge in [0.25, 0.3) is 5.91 Å². The van der Waals surface area contributed by atoms with E-state index in [1.165, 1.54) is 12.8 Å². The SMILES string of the molecule is CC(CNC(=O)c1ccc2c(c1)nc(CCC1CCNCC1)n2C)C(=O)O. The van der Waals surface area contributed by atoms with Crippen molar-refractivity contribution in [2.45, 2.75) is 32.6 Å². The van der Waals surface area contributed by atoms with E-state index in [4.69, 9.17) is 10.1 Å². The molecule has 27 heavy (non-hydrogen) atoms. The van der Waals surface area contributed by atoms with Crippen molar-refractivity contribution in [1.29, 1.82) is 0 Å². The first kappa shape index (κ1) is 19.4. The van der Waals surface area contributed by atoms with Crippen molar-refractivity contribution in [2.75, 3.05) is 19.6 Å². The molecule has 0 aliphatic carbocycles. The molecule has 0 radical (unpaired) electrons. The summed E-state index contributed by atoms with van der Waals surface area (Å²) in [6.45, 7) is 3.88. The number of benzene rings is 1. The Morgan fingerprint density at radius 2 is 2.11 bits per heavy atom. The number of carboxylic acids is 1. The van der Waals surface area contributed by atoms with Crippen molar-refractivity contribution in [3.63, 3.8) is 0 Å².